The Kier molecular flexibility index (Phi) is 3.87. The number of aromatic nitrogens is 1. The van der Waals surface area contributed by atoms with E-state index in [1.165, 1.54) is 37.6 Å². The largest absolute Gasteiger partial charge is 0.497 e. The van der Waals surface area contributed by atoms with Crippen LogP contribution in [0.25, 0.3) is 11.1 Å². The lowest BCUT2D eigenvalue weighted by Crippen LogP contribution is -1.94. The summed E-state index contributed by atoms with van der Waals surface area (Å²) in [6, 6.07) is 5.89. The van der Waals surface area contributed by atoms with Crippen LogP contribution in [0, 0.1) is 10.1 Å². The number of rotatable bonds is 3. The second-order valence-corrected chi connectivity index (χ2v) is 4.42. The van der Waals surface area contributed by atoms with Gasteiger partial charge in [0.15, 0.2) is 0 Å². The molecule has 98 valence electrons. The molecule has 0 aliphatic heterocycles. The first-order valence-electron chi connectivity index (χ1n) is 5.16. The molecule has 19 heavy (non-hydrogen) atoms. The lowest BCUT2D eigenvalue weighted by Gasteiger charge is -2.08. The van der Waals surface area contributed by atoms with E-state index in [0.717, 1.165) is 0 Å². The van der Waals surface area contributed by atoms with E-state index in [4.69, 9.17) is 27.9 Å². The summed E-state index contributed by atoms with van der Waals surface area (Å²) in [7, 11) is 1.48. The summed E-state index contributed by atoms with van der Waals surface area (Å²) >= 11 is 11.8. The van der Waals surface area contributed by atoms with Crippen LogP contribution in [-0.4, -0.2) is 17.0 Å². The maximum atomic E-state index is 11.1. The molecule has 0 saturated carbocycles. The molecule has 0 amide bonds. The van der Waals surface area contributed by atoms with Crippen molar-refractivity contribution in [3.63, 3.8) is 0 Å². The quantitative estimate of drug-likeness (QED) is 0.488. The Morgan fingerprint density at radius 2 is 2.00 bits per heavy atom. The second-order valence-electron chi connectivity index (χ2n) is 3.63. The molecule has 2 aromatic rings. The maximum absolute atomic E-state index is 11.1. The lowest BCUT2D eigenvalue weighted by molar-refractivity contribution is -0.384. The van der Waals surface area contributed by atoms with E-state index in [9.17, 15) is 10.1 Å². The average molecular weight is 299 g/mol. The Morgan fingerprint density at radius 1 is 1.26 bits per heavy atom. The highest BCUT2D eigenvalue weighted by molar-refractivity contribution is 6.34. The molecular formula is C12H8Cl2N2O3. The molecule has 0 aliphatic carbocycles. The SMILES string of the molecule is COc1ccc([N+](=O)[O-])c(-c2cc(Cl)ncc2Cl)c1. The molecule has 0 radical (unpaired) electrons. The minimum Gasteiger partial charge on any atom is -0.497 e. The molecule has 0 saturated heterocycles. The topological polar surface area (TPSA) is 65.3 Å². The molecule has 1 aromatic carbocycles. The van der Waals surface area contributed by atoms with Crippen LogP contribution in [0.4, 0.5) is 5.69 Å². The predicted octanol–water partition coefficient (Wildman–Crippen LogP) is 3.97. The summed E-state index contributed by atoms with van der Waals surface area (Å²) in [5.74, 6) is 0.490. The highest BCUT2D eigenvalue weighted by Gasteiger charge is 2.19. The van der Waals surface area contributed by atoms with Crippen molar-refractivity contribution in [2.75, 3.05) is 7.11 Å². The summed E-state index contributed by atoms with van der Waals surface area (Å²) in [5.41, 5.74) is 0.691. The Balaban J connectivity index is 2.71. The van der Waals surface area contributed by atoms with E-state index in [-0.39, 0.29) is 15.9 Å². The smallest absolute Gasteiger partial charge is 0.277 e. The number of pyridine rings is 1. The molecule has 1 aromatic heterocycles. The van der Waals surface area contributed by atoms with Crippen LogP contribution in [-0.2, 0) is 0 Å². The highest BCUT2D eigenvalue weighted by atomic mass is 35.5. The van der Waals surface area contributed by atoms with Gasteiger partial charge in [0, 0.05) is 17.8 Å². The van der Waals surface area contributed by atoms with Crippen molar-refractivity contribution in [2.45, 2.75) is 0 Å². The van der Waals surface area contributed by atoms with E-state index >= 15 is 0 Å². The van der Waals surface area contributed by atoms with Gasteiger partial charge in [-0.2, -0.15) is 0 Å². The van der Waals surface area contributed by atoms with E-state index in [2.05, 4.69) is 4.98 Å². The Bertz CT molecular complexity index is 647. The Labute approximate surface area is 118 Å². The molecule has 2 rings (SSSR count). The zero-order chi connectivity index (χ0) is 14.0. The van der Waals surface area contributed by atoms with Crippen LogP contribution in [0.2, 0.25) is 10.2 Å². The fraction of sp³-hybridized carbons (Fsp3) is 0.0833. The summed E-state index contributed by atoms with van der Waals surface area (Å²) in [4.78, 5) is 14.4. The number of ether oxygens (including phenoxy) is 1. The van der Waals surface area contributed by atoms with Gasteiger partial charge in [-0.1, -0.05) is 23.2 Å². The first-order valence-corrected chi connectivity index (χ1v) is 5.92. The molecule has 1 heterocycles. The van der Waals surface area contributed by atoms with Crippen LogP contribution >= 0.6 is 23.2 Å². The third-order valence-electron chi connectivity index (χ3n) is 2.51. The van der Waals surface area contributed by atoms with Gasteiger partial charge in [0.25, 0.3) is 5.69 Å². The summed E-state index contributed by atoms with van der Waals surface area (Å²) < 4.78 is 5.07. The monoisotopic (exact) mass is 298 g/mol. The normalized spacial score (nSPS) is 10.3. The van der Waals surface area contributed by atoms with Crippen molar-refractivity contribution >= 4 is 28.9 Å². The molecule has 7 heteroatoms. The third kappa shape index (κ3) is 2.77. The van der Waals surface area contributed by atoms with Crippen molar-refractivity contribution in [1.82, 2.24) is 4.98 Å². The number of methoxy groups -OCH3 is 1. The van der Waals surface area contributed by atoms with Crippen molar-refractivity contribution in [1.29, 1.82) is 0 Å². The van der Waals surface area contributed by atoms with E-state index < -0.39 is 4.92 Å². The van der Waals surface area contributed by atoms with Gasteiger partial charge in [-0.15, -0.1) is 0 Å². The zero-order valence-corrected chi connectivity index (χ0v) is 11.3. The molecular weight excluding hydrogens is 291 g/mol. The van der Waals surface area contributed by atoms with Gasteiger partial charge in [0.2, 0.25) is 0 Å². The number of halogens is 2. The molecule has 0 spiro atoms. The fourth-order valence-corrected chi connectivity index (χ4v) is 2.00. The van der Waals surface area contributed by atoms with Crippen molar-refractivity contribution < 1.29 is 9.66 Å². The van der Waals surface area contributed by atoms with Gasteiger partial charge in [-0.05, 0) is 18.2 Å². The number of nitrogens with zero attached hydrogens (tertiary/aromatic N) is 2. The van der Waals surface area contributed by atoms with Crippen LogP contribution < -0.4 is 4.74 Å². The zero-order valence-electron chi connectivity index (χ0n) is 9.76. The summed E-state index contributed by atoms with van der Waals surface area (Å²) in [6.45, 7) is 0. The Hall–Kier alpha value is -1.85. The number of benzene rings is 1. The number of nitro benzene ring substituents is 1. The molecule has 0 aliphatic rings. The molecule has 0 N–H and O–H groups in total. The summed E-state index contributed by atoms with van der Waals surface area (Å²) in [5, 5.41) is 11.5. The first kappa shape index (κ1) is 13.6. The standard InChI is InChI=1S/C12H8Cl2N2O3/c1-19-7-2-3-11(16(17)18)9(4-7)8-5-12(14)15-6-10(8)13/h2-6H,1H3. The number of hydrogen-bond donors (Lipinski definition) is 0. The van der Waals surface area contributed by atoms with Gasteiger partial charge in [0.1, 0.15) is 10.9 Å². The van der Waals surface area contributed by atoms with E-state index in [1.807, 2.05) is 0 Å². The van der Waals surface area contributed by atoms with Gasteiger partial charge >= 0.3 is 0 Å². The molecule has 0 fully saturated rings. The highest BCUT2D eigenvalue weighted by Crippen LogP contribution is 2.37. The summed E-state index contributed by atoms with van der Waals surface area (Å²) in [6.07, 6.45) is 1.35. The molecule has 5 nitrogen and oxygen atoms in total. The van der Waals surface area contributed by atoms with Gasteiger partial charge in [-0.25, -0.2) is 4.98 Å². The van der Waals surface area contributed by atoms with Gasteiger partial charge in [-0.3, -0.25) is 10.1 Å². The third-order valence-corrected chi connectivity index (χ3v) is 3.02. The molecule has 0 atom stereocenters. The van der Waals surface area contributed by atoms with Gasteiger partial charge < -0.3 is 4.74 Å². The van der Waals surface area contributed by atoms with Gasteiger partial charge in [0.05, 0.1) is 22.6 Å². The minimum absolute atomic E-state index is 0.0787. The lowest BCUT2D eigenvalue weighted by atomic mass is 10.0. The molecule has 0 unspecified atom stereocenters. The van der Waals surface area contributed by atoms with Crippen LogP contribution in [0.1, 0.15) is 0 Å². The molecule has 0 bridgehead atoms. The van der Waals surface area contributed by atoms with Crippen molar-refractivity contribution in [3.8, 4) is 16.9 Å². The van der Waals surface area contributed by atoms with Crippen molar-refractivity contribution in [3.05, 3.63) is 50.8 Å². The number of nitro groups is 1. The fourth-order valence-electron chi connectivity index (χ4n) is 1.64. The number of hydrogen-bond acceptors (Lipinski definition) is 4. The van der Waals surface area contributed by atoms with Crippen LogP contribution in [0.5, 0.6) is 5.75 Å². The predicted molar refractivity (Wildman–Crippen MR) is 72.9 cm³/mol. The van der Waals surface area contributed by atoms with Crippen LogP contribution in [0.15, 0.2) is 30.5 Å². The van der Waals surface area contributed by atoms with E-state index in [0.29, 0.717) is 16.9 Å². The van der Waals surface area contributed by atoms with Crippen LogP contribution in [0.3, 0.4) is 0 Å². The average Bonchev–Trinajstić information content (AvgIpc) is 2.40. The van der Waals surface area contributed by atoms with E-state index in [1.54, 1.807) is 0 Å². The first-order chi connectivity index (χ1) is 9.02. The minimum atomic E-state index is -0.487. The van der Waals surface area contributed by atoms with Crippen molar-refractivity contribution in [2.24, 2.45) is 0 Å². The second kappa shape index (κ2) is 5.42. The maximum Gasteiger partial charge on any atom is 0.277 e. The Morgan fingerprint density at radius 3 is 2.63 bits per heavy atom.